The average molecular weight is 248 g/mol. The van der Waals surface area contributed by atoms with E-state index in [4.69, 9.17) is 17.3 Å². The summed E-state index contributed by atoms with van der Waals surface area (Å²) >= 11 is 6.23. The number of rotatable bonds is 3. The predicted octanol–water partition coefficient (Wildman–Crippen LogP) is 3.25. The molecule has 1 aromatic heterocycles. The summed E-state index contributed by atoms with van der Waals surface area (Å²) in [6, 6.07) is 9.66. The predicted molar refractivity (Wildman–Crippen MR) is 71.6 cm³/mol. The fourth-order valence-electron chi connectivity index (χ4n) is 1.58. The first kappa shape index (κ1) is 11.9. The van der Waals surface area contributed by atoms with Gasteiger partial charge in [0.1, 0.15) is 5.82 Å². The van der Waals surface area contributed by atoms with Crippen LogP contribution in [-0.4, -0.2) is 4.98 Å². The van der Waals surface area contributed by atoms with E-state index in [1.807, 2.05) is 37.3 Å². The molecule has 0 aliphatic heterocycles. The molecule has 3 N–H and O–H groups in total. The van der Waals surface area contributed by atoms with Gasteiger partial charge in [-0.3, -0.25) is 0 Å². The molecule has 0 saturated heterocycles. The molecular formula is C13H14ClN3. The van der Waals surface area contributed by atoms with Crippen LogP contribution < -0.4 is 11.1 Å². The van der Waals surface area contributed by atoms with E-state index in [1.165, 1.54) is 0 Å². The van der Waals surface area contributed by atoms with Crippen molar-refractivity contribution in [3.05, 3.63) is 52.7 Å². The maximum atomic E-state index is 6.23. The van der Waals surface area contributed by atoms with Gasteiger partial charge in [0.05, 0.1) is 10.7 Å². The minimum absolute atomic E-state index is 0.426. The van der Waals surface area contributed by atoms with Gasteiger partial charge in [0.25, 0.3) is 0 Å². The van der Waals surface area contributed by atoms with Crippen molar-refractivity contribution < 1.29 is 0 Å². The third-order valence-corrected chi connectivity index (χ3v) is 2.92. The van der Waals surface area contributed by atoms with Gasteiger partial charge in [-0.1, -0.05) is 23.7 Å². The minimum Gasteiger partial charge on any atom is -0.339 e. The van der Waals surface area contributed by atoms with Crippen LogP contribution in [0.25, 0.3) is 0 Å². The number of pyridine rings is 1. The highest BCUT2D eigenvalue weighted by Crippen LogP contribution is 2.27. The molecule has 0 unspecified atom stereocenters. The Kier molecular flexibility index (Phi) is 3.61. The van der Waals surface area contributed by atoms with E-state index in [-0.39, 0.29) is 0 Å². The molecule has 0 fully saturated rings. The van der Waals surface area contributed by atoms with Crippen LogP contribution >= 0.6 is 11.6 Å². The number of nitrogens with zero attached hydrogens (tertiary/aromatic N) is 1. The lowest BCUT2D eigenvalue weighted by molar-refractivity contribution is 1.07. The van der Waals surface area contributed by atoms with Crippen molar-refractivity contribution in [1.29, 1.82) is 0 Å². The van der Waals surface area contributed by atoms with Crippen molar-refractivity contribution in [2.75, 3.05) is 5.32 Å². The van der Waals surface area contributed by atoms with E-state index >= 15 is 0 Å². The number of aromatic nitrogens is 1. The maximum absolute atomic E-state index is 6.23. The van der Waals surface area contributed by atoms with Gasteiger partial charge in [0.15, 0.2) is 0 Å². The number of benzene rings is 1. The molecule has 2 rings (SSSR count). The van der Waals surface area contributed by atoms with Crippen molar-refractivity contribution in [1.82, 2.24) is 4.98 Å². The van der Waals surface area contributed by atoms with Crippen LogP contribution in [0, 0.1) is 6.92 Å². The number of hydrogen-bond acceptors (Lipinski definition) is 3. The lowest BCUT2D eigenvalue weighted by Crippen LogP contribution is -2.00. The molecular weight excluding hydrogens is 234 g/mol. The van der Waals surface area contributed by atoms with Crippen molar-refractivity contribution in [2.45, 2.75) is 13.5 Å². The standard InChI is InChI=1S/C13H14ClN3/c1-9-5-6-16-12(7-9)17-11-4-2-3-10(8-15)13(11)14/h2-7H,8,15H2,1H3,(H,16,17). The van der Waals surface area contributed by atoms with Gasteiger partial charge in [-0.05, 0) is 36.2 Å². The van der Waals surface area contributed by atoms with E-state index in [9.17, 15) is 0 Å². The Morgan fingerprint density at radius 1 is 1.35 bits per heavy atom. The van der Waals surface area contributed by atoms with Crippen LogP contribution in [0.2, 0.25) is 5.02 Å². The summed E-state index contributed by atoms with van der Waals surface area (Å²) < 4.78 is 0. The fraction of sp³-hybridized carbons (Fsp3) is 0.154. The van der Waals surface area contributed by atoms with Crippen molar-refractivity contribution in [3.8, 4) is 0 Å². The summed E-state index contributed by atoms with van der Waals surface area (Å²) in [5.74, 6) is 0.779. The summed E-state index contributed by atoms with van der Waals surface area (Å²) in [5, 5.41) is 3.84. The van der Waals surface area contributed by atoms with Crippen LogP contribution in [0.4, 0.5) is 11.5 Å². The molecule has 1 aromatic carbocycles. The minimum atomic E-state index is 0.426. The number of aryl methyl sites for hydroxylation is 1. The molecule has 4 heteroatoms. The van der Waals surface area contributed by atoms with E-state index in [0.717, 1.165) is 22.6 Å². The van der Waals surface area contributed by atoms with Gasteiger partial charge in [0, 0.05) is 12.7 Å². The molecule has 0 bridgehead atoms. The first-order chi connectivity index (χ1) is 8.20. The number of halogens is 1. The Morgan fingerprint density at radius 2 is 2.18 bits per heavy atom. The highest BCUT2D eigenvalue weighted by molar-refractivity contribution is 6.34. The van der Waals surface area contributed by atoms with Crippen LogP contribution in [0.15, 0.2) is 36.5 Å². The largest absolute Gasteiger partial charge is 0.339 e. The normalized spacial score (nSPS) is 10.3. The van der Waals surface area contributed by atoms with Crippen LogP contribution in [0.1, 0.15) is 11.1 Å². The van der Waals surface area contributed by atoms with Gasteiger partial charge < -0.3 is 11.1 Å². The summed E-state index contributed by atoms with van der Waals surface area (Å²) in [5.41, 5.74) is 8.50. The lowest BCUT2D eigenvalue weighted by Gasteiger charge is -2.10. The van der Waals surface area contributed by atoms with Crippen molar-refractivity contribution in [3.63, 3.8) is 0 Å². The topological polar surface area (TPSA) is 50.9 Å². The monoisotopic (exact) mass is 247 g/mol. The number of anilines is 2. The van der Waals surface area contributed by atoms with E-state index in [1.54, 1.807) is 6.20 Å². The zero-order valence-electron chi connectivity index (χ0n) is 9.57. The Balaban J connectivity index is 2.30. The van der Waals surface area contributed by atoms with Crippen LogP contribution in [0.3, 0.4) is 0 Å². The summed E-state index contributed by atoms with van der Waals surface area (Å²) in [6.45, 7) is 2.44. The maximum Gasteiger partial charge on any atom is 0.130 e. The van der Waals surface area contributed by atoms with E-state index in [0.29, 0.717) is 11.6 Å². The SMILES string of the molecule is Cc1ccnc(Nc2cccc(CN)c2Cl)c1. The van der Waals surface area contributed by atoms with Gasteiger partial charge in [-0.15, -0.1) is 0 Å². The third kappa shape index (κ3) is 2.75. The zero-order valence-corrected chi connectivity index (χ0v) is 10.3. The van der Waals surface area contributed by atoms with Gasteiger partial charge in [0.2, 0.25) is 0 Å². The fourth-order valence-corrected chi connectivity index (χ4v) is 1.83. The highest BCUT2D eigenvalue weighted by Gasteiger charge is 2.05. The number of nitrogens with two attached hydrogens (primary N) is 1. The van der Waals surface area contributed by atoms with Crippen molar-refractivity contribution >= 4 is 23.1 Å². The molecule has 0 amide bonds. The van der Waals surface area contributed by atoms with Crippen molar-refractivity contribution in [2.24, 2.45) is 5.73 Å². The molecule has 0 aliphatic rings. The summed E-state index contributed by atoms with van der Waals surface area (Å²) in [4.78, 5) is 4.23. The second-order valence-electron chi connectivity index (χ2n) is 3.83. The first-order valence-corrected chi connectivity index (χ1v) is 5.75. The Hall–Kier alpha value is -1.58. The van der Waals surface area contributed by atoms with E-state index in [2.05, 4.69) is 10.3 Å². The molecule has 88 valence electrons. The highest BCUT2D eigenvalue weighted by atomic mass is 35.5. The molecule has 1 heterocycles. The molecule has 0 atom stereocenters. The first-order valence-electron chi connectivity index (χ1n) is 5.38. The quantitative estimate of drug-likeness (QED) is 0.876. The van der Waals surface area contributed by atoms with Gasteiger partial charge >= 0.3 is 0 Å². The molecule has 3 nitrogen and oxygen atoms in total. The second kappa shape index (κ2) is 5.17. The Labute approximate surface area is 106 Å². The van der Waals surface area contributed by atoms with Crippen LogP contribution in [0.5, 0.6) is 0 Å². The lowest BCUT2D eigenvalue weighted by atomic mass is 10.2. The molecule has 0 saturated carbocycles. The Morgan fingerprint density at radius 3 is 2.88 bits per heavy atom. The second-order valence-corrected chi connectivity index (χ2v) is 4.20. The van der Waals surface area contributed by atoms with Crippen LogP contribution in [-0.2, 0) is 6.54 Å². The average Bonchev–Trinajstić information content (AvgIpc) is 2.32. The number of nitrogens with one attached hydrogen (secondary N) is 1. The van der Waals surface area contributed by atoms with Gasteiger partial charge in [-0.2, -0.15) is 0 Å². The summed E-state index contributed by atoms with van der Waals surface area (Å²) in [6.07, 6.45) is 1.76. The molecule has 0 radical (unpaired) electrons. The summed E-state index contributed by atoms with van der Waals surface area (Å²) in [7, 11) is 0. The number of hydrogen-bond donors (Lipinski definition) is 2. The Bertz CT molecular complexity index is 526. The molecule has 0 aliphatic carbocycles. The van der Waals surface area contributed by atoms with E-state index < -0.39 is 0 Å². The van der Waals surface area contributed by atoms with Gasteiger partial charge in [-0.25, -0.2) is 4.98 Å². The smallest absolute Gasteiger partial charge is 0.130 e. The third-order valence-electron chi connectivity index (χ3n) is 2.48. The zero-order chi connectivity index (χ0) is 12.3. The molecule has 0 spiro atoms. The molecule has 17 heavy (non-hydrogen) atoms. The molecule has 2 aromatic rings.